The lowest BCUT2D eigenvalue weighted by Gasteiger charge is -2.04. The molecule has 0 saturated carbocycles. The van der Waals surface area contributed by atoms with Crippen molar-refractivity contribution in [3.05, 3.63) is 22.3 Å². The lowest BCUT2D eigenvalue weighted by atomic mass is 10.2. The molecule has 0 unspecified atom stereocenters. The fourth-order valence-corrected chi connectivity index (χ4v) is 1.76. The highest BCUT2D eigenvalue weighted by atomic mass is 35.5. The summed E-state index contributed by atoms with van der Waals surface area (Å²) in [6, 6.07) is 1.73. The Morgan fingerprint density at radius 1 is 1.54 bits per heavy atom. The maximum absolute atomic E-state index is 11.4. The zero-order chi connectivity index (χ0) is 9.42. The lowest BCUT2D eigenvalue weighted by molar-refractivity contribution is 0.0991. The van der Waals surface area contributed by atoms with Crippen LogP contribution in [0.15, 0.2) is 6.07 Å². The van der Waals surface area contributed by atoms with Crippen LogP contribution in [0.5, 0.6) is 5.88 Å². The van der Waals surface area contributed by atoms with Crippen LogP contribution in [0.3, 0.4) is 0 Å². The Morgan fingerprint density at radius 3 is 3.00 bits per heavy atom. The number of pyridine rings is 1. The molecule has 3 nitrogen and oxygen atoms in total. The Labute approximate surface area is 80.7 Å². The summed E-state index contributed by atoms with van der Waals surface area (Å²) in [4.78, 5) is 15.3. The number of fused-ring (bicyclic) bond motifs is 1. The van der Waals surface area contributed by atoms with Gasteiger partial charge in [0.25, 0.3) is 0 Å². The zero-order valence-corrected chi connectivity index (χ0v) is 7.89. The second-order valence-electron chi connectivity index (χ2n) is 2.91. The molecule has 0 bridgehead atoms. The fraction of sp³-hybridized carbons (Fsp3) is 0.333. The van der Waals surface area contributed by atoms with Gasteiger partial charge in [0.1, 0.15) is 5.15 Å². The molecule has 0 aliphatic heterocycles. The molecule has 0 N–H and O–H groups in total. The van der Waals surface area contributed by atoms with Gasteiger partial charge in [0.15, 0.2) is 5.78 Å². The van der Waals surface area contributed by atoms with E-state index in [0.29, 0.717) is 23.0 Å². The highest BCUT2D eigenvalue weighted by Gasteiger charge is 2.25. The number of ether oxygens (including phenoxy) is 1. The molecular weight excluding hydrogens is 190 g/mol. The number of halogens is 1. The highest BCUT2D eigenvalue weighted by Crippen LogP contribution is 2.30. The van der Waals surface area contributed by atoms with Crippen molar-refractivity contribution >= 4 is 17.4 Å². The van der Waals surface area contributed by atoms with Crippen molar-refractivity contribution < 1.29 is 9.53 Å². The molecule has 1 aromatic rings. The number of hydrogen-bond donors (Lipinski definition) is 0. The summed E-state index contributed by atoms with van der Waals surface area (Å²) in [5.41, 5.74) is 1.55. The van der Waals surface area contributed by atoms with Gasteiger partial charge in [-0.05, 0) is 18.1 Å². The number of aromatic nitrogens is 1. The largest absolute Gasteiger partial charge is 0.480 e. The number of aryl methyl sites for hydroxylation is 1. The molecule has 0 spiro atoms. The van der Waals surface area contributed by atoms with E-state index >= 15 is 0 Å². The van der Waals surface area contributed by atoms with Crippen LogP contribution in [0.1, 0.15) is 22.3 Å². The average molecular weight is 198 g/mol. The summed E-state index contributed by atoms with van der Waals surface area (Å²) < 4.78 is 4.99. The van der Waals surface area contributed by atoms with Gasteiger partial charge < -0.3 is 4.74 Å². The molecule has 0 amide bonds. The SMILES string of the molecule is COc1nc(Cl)cc2c1C(=O)CC2. The van der Waals surface area contributed by atoms with E-state index in [9.17, 15) is 4.79 Å². The maximum atomic E-state index is 11.4. The molecule has 0 fully saturated rings. The normalized spacial score (nSPS) is 14.5. The third kappa shape index (κ3) is 1.29. The molecule has 0 aromatic carbocycles. The molecule has 2 rings (SSSR count). The molecule has 4 heteroatoms. The number of Topliss-reactive ketones (excluding diaryl/α,β-unsaturated/α-hetero) is 1. The summed E-state index contributed by atoms with van der Waals surface area (Å²) in [5, 5.41) is 0.380. The maximum Gasteiger partial charge on any atom is 0.225 e. The van der Waals surface area contributed by atoms with Crippen molar-refractivity contribution in [2.24, 2.45) is 0 Å². The van der Waals surface area contributed by atoms with Crippen LogP contribution in [0.25, 0.3) is 0 Å². The van der Waals surface area contributed by atoms with E-state index in [1.807, 2.05) is 0 Å². The minimum Gasteiger partial charge on any atom is -0.480 e. The molecule has 0 radical (unpaired) electrons. The van der Waals surface area contributed by atoms with Gasteiger partial charge in [-0.3, -0.25) is 4.79 Å². The topological polar surface area (TPSA) is 39.2 Å². The van der Waals surface area contributed by atoms with Gasteiger partial charge in [-0.25, -0.2) is 4.98 Å². The predicted octanol–water partition coefficient (Wildman–Crippen LogP) is 1.87. The van der Waals surface area contributed by atoms with Crippen molar-refractivity contribution in [3.63, 3.8) is 0 Å². The second kappa shape index (κ2) is 3.00. The van der Waals surface area contributed by atoms with Crippen molar-refractivity contribution in [2.75, 3.05) is 7.11 Å². The van der Waals surface area contributed by atoms with Gasteiger partial charge in [-0.15, -0.1) is 0 Å². The predicted molar refractivity (Wildman–Crippen MR) is 48.5 cm³/mol. The van der Waals surface area contributed by atoms with Crippen molar-refractivity contribution in [3.8, 4) is 5.88 Å². The third-order valence-electron chi connectivity index (χ3n) is 2.13. The molecule has 13 heavy (non-hydrogen) atoms. The smallest absolute Gasteiger partial charge is 0.225 e. The molecule has 68 valence electrons. The summed E-state index contributed by atoms with van der Waals surface area (Å²) in [6.45, 7) is 0. The summed E-state index contributed by atoms with van der Waals surface area (Å²) in [6.07, 6.45) is 1.28. The molecule has 1 aliphatic carbocycles. The van der Waals surface area contributed by atoms with Gasteiger partial charge in [-0.2, -0.15) is 0 Å². The fourth-order valence-electron chi connectivity index (χ4n) is 1.55. The number of rotatable bonds is 1. The second-order valence-corrected chi connectivity index (χ2v) is 3.30. The van der Waals surface area contributed by atoms with Crippen LogP contribution in [0.2, 0.25) is 5.15 Å². The number of nitrogens with zero attached hydrogens (tertiary/aromatic N) is 1. The quantitative estimate of drug-likeness (QED) is 0.646. The van der Waals surface area contributed by atoms with E-state index < -0.39 is 0 Å². The summed E-state index contributed by atoms with van der Waals surface area (Å²) >= 11 is 5.75. The molecule has 1 heterocycles. The van der Waals surface area contributed by atoms with Gasteiger partial charge in [-0.1, -0.05) is 11.6 Å². The lowest BCUT2D eigenvalue weighted by Crippen LogP contribution is -1.99. The highest BCUT2D eigenvalue weighted by molar-refractivity contribution is 6.29. The molecule has 1 aliphatic rings. The van der Waals surface area contributed by atoms with Crippen LogP contribution in [-0.4, -0.2) is 17.9 Å². The summed E-state index contributed by atoms with van der Waals surface area (Å²) in [5.74, 6) is 0.445. The number of ketones is 1. The van der Waals surface area contributed by atoms with Crippen LogP contribution < -0.4 is 4.74 Å². The molecular formula is C9H8ClNO2. The first-order chi connectivity index (χ1) is 6.22. The molecule has 0 atom stereocenters. The van der Waals surface area contributed by atoms with E-state index in [1.54, 1.807) is 6.07 Å². The molecule has 0 saturated heterocycles. The van der Waals surface area contributed by atoms with E-state index in [-0.39, 0.29) is 5.78 Å². The first kappa shape index (κ1) is 8.51. The number of hydrogen-bond acceptors (Lipinski definition) is 3. The first-order valence-corrected chi connectivity index (χ1v) is 4.37. The van der Waals surface area contributed by atoms with E-state index in [2.05, 4.69) is 4.98 Å². The Hall–Kier alpha value is -1.09. The van der Waals surface area contributed by atoms with Gasteiger partial charge in [0.05, 0.1) is 12.7 Å². The molecule has 1 aromatic heterocycles. The minimum absolute atomic E-state index is 0.0935. The Balaban J connectivity index is 2.64. The average Bonchev–Trinajstić information content (AvgIpc) is 2.46. The number of carbonyl (C=O) groups excluding carboxylic acids is 1. The van der Waals surface area contributed by atoms with Gasteiger partial charge >= 0.3 is 0 Å². The van der Waals surface area contributed by atoms with Crippen LogP contribution in [-0.2, 0) is 6.42 Å². The van der Waals surface area contributed by atoms with Crippen LogP contribution in [0, 0.1) is 0 Å². The van der Waals surface area contributed by atoms with Gasteiger partial charge in [0, 0.05) is 6.42 Å². The van der Waals surface area contributed by atoms with Crippen molar-refractivity contribution in [1.29, 1.82) is 0 Å². The van der Waals surface area contributed by atoms with Gasteiger partial charge in [0.2, 0.25) is 5.88 Å². The van der Waals surface area contributed by atoms with Crippen LogP contribution >= 0.6 is 11.6 Å². The monoisotopic (exact) mass is 197 g/mol. The van der Waals surface area contributed by atoms with E-state index in [4.69, 9.17) is 16.3 Å². The third-order valence-corrected chi connectivity index (χ3v) is 2.32. The summed E-state index contributed by atoms with van der Waals surface area (Å²) in [7, 11) is 1.49. The Kier molecular flexibility index (Phi) is 1.96. The Morgan fingerprint density at radius 2 is 2.31 bits per heavy atom. The first-order valence-electron chi connectivity index (χ1n) is 3.99. The number of methoxy groups -OCH3 is 1. The standard InChI is InChI=1S/C9H8ClNO2/c1-13-9-8-5(2-3-6(8)12)4-7(10)11-9/h4H,2-3H2,1H3. The Bertz CT molecular complexity index is 376. The zero-order valence-electron chi connectivity index (χ0n) is 7.13. The van der Waals surface area contributed by atoms with Crippen molar-refractivity contribution in [2.45, 2.75) is 12.8 Å². The van der Waals surface area contributed by atoms with Crippen molar-refractivity contribution in [1.82, 2.24) is 4.98 Å². The van der Waals surface area contributed by atoms with Crippen LogP contribution in [0.4, 0.5) is 0 Å². The number of carbonyl (C=O) groups is 1. The van der Waals surface area contributed by atoms with E-state index in [0.717, 1.165) is 12.0 Å². The van der Waals surface area contributed by atoms with E-state index in [1.165, 1.54) is 7.11 Å². The minimum atomic E-state index is 0.0935.